The Kier molecular flexibility index (Phi) is 8.76. The molecule has 6 nitrogen and oxygen atoms in total. The third kappa shape index (κ3) is 7.14. The molecular formula is C19H27ClF2N4O2. The van der Waals surface area contributed by atoms with Crippen LogP contribution in [0.25, 0.3) is 0 Å². The summed E-state index contributed by atoms with van der Waals surface area (Å²) >= 11 is 5.95. The number of benzene rings is 1. The minimum absolute atomic E-state index is 0.0525. The fourth-order valence-corrected chi connectivity index (χ4v) is 3.35. The van der Waals surface area contributed by atoms with Crippen LogP contribution < -0.4 is 15.4 Å². The maximum absolute atomic E-state index is 12.5. The summed E-state index contributed by atoms with van der Waals surface area (Å²) < 4.78 is 29.6. The van der Waals surface area contributed by atoms with Crippen LogP contribution in [0.1, 0.15) is 31.7 Å². The number of halogens is 3. The zero-order valence-electron chi connectivity index (χ0n) is 16.2. The summed E-state index contributed by atoms with van der Waals surface area (Å²) in [6.45, 7) is 1.50. The molecule has 0 aliphatic carbocycles. The molecule has 1 atom stereocenters. The minimum Gasteiger partial charge on any atom is -0.434 e. The maximum atomic E-state index is 12.5. The van der Waals surface area contributed by atoms with E-state index in [-0.39, 0.29) is 18.2 Å². The number of hydrogen-bond acceptors (Lipinski definition) is 3. The van der Waals surface area contributed by atoms with E-state index in [1.165, 1.54) is 18.6 Å². The van der Waals surface area contributed by atoms with Gasteiger partial charge in [0.15, 0.2) is 5.96 Å². The third-order valence-corrected chi connectivity index (χ3v) is 4.78. The molecule has 2 N–H and O–H groups in total. The summed E-state index contributed by atoms with van der Waals surface area (Å²) in [5.74, 6) is 1.18. The molecular weight excluding hydrogens is 390 g/mol. The normalized spacial score (nSPS) is 17.6. The third-order valence-electron chi connectivity index (χ3n) is 4.55. The molecule has 0 saturated carbocycles. The van der Waals surface area contributed by atoms with Crippen LogP contribution in [0.5, 0.6) is 5.75 Å². The Morgan fingerprint density at radius 3 is 2.89 bits per heavy atom. The molecule has 1 amide bonds. The fraction of sp³-hybridized carbons (Fsp3) is 0.579. The van der Waals surface area contributed by atoms with Gasteiger partial charge in [-0.2, -0.15) is 8.78 Å². The van der Waals surface area contributed by atoms with E-state index in [9.17, 15) is 13.6 Å². The Balaban J connectivity index is 1.82. The highest BCUT2D eigenvalue weighted by Gasteiger charge is 2.20. The van der Waals surface area contributed by atoms with E-state index in [1.54, 1.807) is 13.1 Å². The number of guanidine groups is 1. The van der Waals surface area contributed by atoms with Gasteiger partial charge in [-0.1, -0.05) is 18.5 Å². The molecule has 28 heavy (non-hydrogen) atoms. The number of nitrogens with one attached hydrogen (secondary N) is 2. The molecule has 0 spiro atoms. The fourth-order valence-electron chi connectivity index (χ4n) is 3.16. The molecule has 0 bridgehead atoms. The number of piperidine rings is 1. The van der Waals surface area contributed by atoms with Crippen molar-refractivity contribution in [1.29, 1.82) is 0 Å². The number of carbonyl (C=O) groups is 1. The number of aliphatic imine (C=N–C) groups is 1. The average Bonchev–Trinajstić information content (AvgIpc) is 2.65. The SMILES string of the molecule is CN=C(NCCC(=O)N1CCCC(C)C1)NCc1cc(Cl)ccc1OC(F)F. The maximum Gasteiger partial charge on any atom is 0.387 e. The lowest BCUT2D eigenvalue weighted by Gasteiger charge is -2.31. The second-order valence-electron chi connectivity index (χ2n) is 6.82. The smallest absolute Gasteiger partial charge is 0.387 e. The van der Waals surface area contributed by atoms with E-state index in [0.29, 0.717) is 35.4 Å². The quantitative estimate of drug-likeness (QED) is 0.529. The van der Waals surface area contributed by atoms with Crippen molar-refractivity contribution < 1.29 is 18.3 Å². The van der Waals surface area contributed by atoms with E-state index in [2.05, 4.69) is 27.3 Å². The summed E-state index contributed by atoms with van der Waals surface area (Å²) in [4.78, 5) is 18.3. The Labute approximate surface area is 169 Å². The van der Waals surface area contributed by atoms with Crippen molar-refractivity contribution in [2.24, 2.45) is 10.9 Å². The number of amides is 1. The van der Waals surface area contributed by atoms with Crippen LogP contribution in [-0.4, -0.2) is 50.1 Å². The molecule has 2 rings (SSSR count). The summed E-state index contributed by atoms with van der Waals surface area (Å²) in [5.41, 5.74) is 0.481. The van der Waals surface area contributed by atoms with E-state index in [4.69, 9.17) is 11.6 Å². The van der Waals surface area contributed by atoms with E-state index < -0.39 is 6.61 Å². The highest BCUT2D eigenvalue weighted by atomic mass is 35.5. The van der Waals surface area contributed by atoms with Gasteiger partial charge in [-0.3, -0.25) is 9.79 Å². The van der Waals surface area contributed by atoms with Crippen molar-refractivity contribution in [2.75, 3.05) is 26.7 Å². The summed E-state index contributed by atoms with van der Waals surface area (Å²) in [7, 11) is 1.60. The molecule has 9 heteroatoms. The van der Waals surface area contributed by atoms with Crippen LogP contribution in [-0.2, 0) is 11.3 Å². The Bertz CT molecular complexity index is 688. The lowest BCUT2D eigenvalue weighted by molar-refractivity contribution is -0.132. The number of rotatable bonds is 7. The molecule has 1 aromatic rings. The lowest BCUT2D eigenvalue weighted by Crippen LogP contribution is -2.42. The zero-order valence-corrected chi connectivity index (χ0v) is 16.9. The van der Waals surface area contributed by atoms with Gasteiger partial charge >= 0.3 is 6.61 Å². The lowest BCUT2D eigenvalue weighted by atomic mass is 10.00. The van der Waals surface area contributed by atoms with Gasteiger partial charge in [0, 0.05) is 50.2 Å². The van der Waals surface area contributed by atoms with Crippen LogP contribution in [0.15, 0.2) is 23.2 Å². The number of alkyl halides is 2. The summed E-state index contributed by atoms with van der Waals surface area (Å²) in [6, 6.07) is 4.45. The average molecular weight is 417 g/mol. The van der Waals surface area contributed by atoms with Crippen LogP contribution in [0, 0.1) is 5.92 Å². The van der Waals surface area contributed by atoms with Gasteiger partial charge in [0.05, 0.1) is 0 Å². The zero-order chi connectivity index (χ0) is 20.5. The first-order chi connectivity index (χ1) is 13.4. The molecule has 1 aliphatic heterocycles. The van der Waals surface area contributed by atoms with Crippen LogP contribution >= 0.6 is 11.6 Å². The van der Waals surface area contributed by atoms with Gasteiger partial charge in [-0.05, 0) is 37.0 Å². The molecule has 1 heterocycles. The first kappa shape index (κ1) is 22.2. The largest absolute Gasteiger partial charge is 0.434 e. The van der Waals surface area contributed by atoms with Crippen molar-refractivity contribution in [2.45, 2.75) is 39.3 Å². The standard InChI is InChI=1S/C19H27ClF2N4O2/c1-13-4-3-9-26(12-13)17(27)7-8-24-19(23-2)25-11-14-10-15(20)5-6-16(14)28-18(21)22/h5-6,10,13,18H,3-4,7-9,11-12H2,1-2H3,(H2,23,24,25). The minimum atomic E-state index is -2.92. The van der Waals surface area contributed by atoms with Gasteiger partial charge in [0.1, 0.15) is 5.75 Å². The molecule has 156 valence electrons. The predicted octanol–water partition coefficient (Wildman–Crippen LogP) is 3.26. The van der Waals surface area contributed by atoms with Crippen LogP contribution in [0.2, 0.25) is 5.02 Å². The van der Waals surface area contributed by atoms with E-state index in [0.717, 1.165) is 19.5 Å². The first-order valence-corrected chi connectivity index (χ1v) is 9.72. The molecule has 0 aromatic heterocycles. The molecule has 1 saturated heterocycles. The van der Waals surface area contributed by atoms with E-state index in [1.807, 2.05) is 4.90 Å². The van der Waals surface area contributed by atoms with Crippen molar-refractivity contribution in [3.05, 3.63) is 28.8 Å². The topological polar surface area (TPSA) is 66.0 Å². The number of carbonyl (C=O) groups excluding carboxylic acids is 1. The Morgan fingerprint density at radius 2 is 2.21 bits per heavy atom. The van der Waals surface area contributed by atoms with Crippen LogP contribution in [0.4, 0.5) is 8.78 Å². The van der Waals surface area contributed by atoms with E-state index >= 15 is 0 Å². The molecule has 1 aliphatic rings. The number of likely N-dealkylation sites (tertiary alicyclic amines) is 1. The van der Waals surface area contributed by atoms with Crippen molar-refractivity contribution >= 4 is 23.5 Å². The summed E-state index contributed by atoms with van der Waals surface area (Å²) in [5, 5.41) is 6.50. The monoisotopic (exact) mass is 416 g/mol. The molecule has 1 unspecified atom stereocenters. The van der Waals surface area contributed by atoms with Gasteiger partial charge < -0.3 is 20.3 Å². The van der Waals surface area contributed by atoms with Crippen LogP contribution in [0.3, 0.4) is 0 Å². The highest BCUT2D eigenvalue weighted by molar-refractivity contribution is 6.30. The van der Waals surface area contributed by atoms with Gasteiger partial charge in [0.2, 0.25) is 5.91 Å². The second-order valence-corrected chi connectivity index (χ2v) is 7.26. The Morgan fingerprint density at radius 1 is 1.43 bits per heavy atom. The second kappa shape index (κ2) is 11.0. The molecule has 0 radical (unpaired) electrons. The number of ether oxygens (including phenoxy) is 1. The first-order valence-electron chi connectivity index (χ1n) is 9.34. The highest BCUT2D eigenvalue weighted by Crippen LogP contribution is 2.24. The van der Waals surface area contributed by atoms with Gasteiger partial charge in [-0.25, -0.2) is 0 Å². The summed E-state index contributed by atoms with van der Waals surface area (Å²) in [6.07, 6.45) is 2.58. The predicted molar refractivity (Wildman–Crippen MR) is 106 cm³/mol. The van der Waals surface area contributed by atoms with Crippen molar-refractivity contribution in [3.8, 4) is 5.75 Å². The Hall–Kier alpha value is -2.09. The number of hydrogen-bond donors (Lipinski definition) is 2. The number of nitrogens with zero attached hydrogens (tertiary/aromatic N) is 2. The van der Waals surface area contributed by atoms with Crippen molar-refractivity contribution in [1.82, 2.24) is 15.5 Å². The van der Waals surface area contributed by atoms with Crippen molar-refractivity contribution in [3.63, 3.8) is 0 Å². The molecule has 1 aromatic carbocycles. The molecule has 1 fully saturated rings. The van der Waals surface area contributed by atoms with Gasteiger partial charge in [0.25, 0.3) is 0 Å². The van der Waals surface area contributed by atoms with Gasteiger partial charge in [-0.15, -0.1) is 0 Å².